The maximum absolute atomic E-state index is 13.7. The van der Waals surface area contributed by atoms with Crippen LogP contribution in [-0.4, -0.2) is 18.7 Å². The number of nitrogens with one attached hydrogen (secondary N) is 1. The summed E-state index contributed by atoms with van der Waals surface area (Å²) < 4.78 is 18.9. The summed E-state index contributed by atoms with van der Waals surface area (Å²) in [6.45, 7) is 3.03. The van der Waals surface area contributed by atoms with Gasteiger partial charge in [-0.25, -0.2) is 4.39 Å². The van der Waals surface area contributed by atoms with Crippen molar-refractivity contribution in [1.29, 1.82) is 0 Å². The minimum atomic E-state index is -0.285. The average molecular weight is 266 g/mol. The van der Waals surface area contributed by atoms with Crippen molar-refractivity contribution in [2.75, 3.05) is 6.61 Å². The molecule has 0 bridgehead atoms. The van der Waals surface area contributed by atoms with E-state index in [1.807, 2.05) is 13.0 Å². The number of rotatable bonds is 5. The molecule has 1 aliphatic rings. The van der Waals surface area contributed by atoms with Gasteiger partial charge in [0, 0.05) is 18.6 Å². The van der Waals surface area contributed by atoms with Crippen LogP contribution in [0.1, 0.15) is 38.2 Å². The number of hydrogen-bond acceptors (Lipinski definition) is 3. The topological polar surface area (TPSA) is 47.3 Å². The number of benzene rings is 1. The van der Waals surface area contributed by atoms with E-state index in [1.165, 1.54) is 0 Å². The molecule has 2 rings (SSSR count). The molecule has 0 radical (unpaired) electrons. The minimum absolute atomic E-state index is 0.285. The minimum Gasteiger partial charge on any atom is -0.491 e. The predicted molar refractivity (Wildman–Crippen MR) is 74.6 cm³/mol. The van der Waals surface area contributed by atoms with Crippen LogP contribution in [0.4, 0.5) is 4.39 Å². The van der Waals surface area contributed by atoms with Gasteiger partial charge in [-0.05, 0) is 50.3 Å². The van der Waals surface area contributed by atoms with E-state index in [0.29, 0.717) is 31.0 Å². The summed E-state index contributed by atoms with van der Waals surface area (Å²) in [5, 5.41) is 3.47. The molecule has 0 spiro atoms. The third-order valence-electron chi connectivity index (χ3n) is 3.66. The molecule has 1 aliphatic carbocycles. The van der Waals surface area contributed by atoms with Gasteiger partial charge in [0.1, 0.15) is 0 Å². The highest BCUT2D eigenvalue weighted by molar-refractivity contribution is 5.29. The Morgan fingerprint density at radius 2 is 2.05 bits per heavy atom. The second kappa shape index (κ2) is 6.87. The first kappa shape index (κ1) is 14.3. The van der Waals surface area contributed by atoms with Gasteiger partial charge in [-0.1, -0.05) is 6.07 Å². The maximum atomic E-state index is 13.7. The Morgan fingerprint density at radius 1 is 1.32 bits per heavy atom. The van der Waals surface area contributed by atoms with Crippen molar-refractivity contribution in [1.82, 2.24) is 5.32 Å². The van der Waals surface area contributed by atoms with Gasteiger partial charge < -0.3 is 15.8 Å². The van der Waals surface area contributed by atoms with Gasteiger partial charge >= 0.3 is 0 Å². The van der Waals surface area contributed by atoms with Gasteiger partial charge in [0.15, 0.2) is 11.6 Å². The van der Waals surface area contributed by atoms with E-state index in [4.69, 9.17) is 10.5 Å². The van der Waals surface area contributed by atoms with E-state index in [0.717, 1.165) is 31.2 Å². The summed E-state index contributed by atoms with van der Waals surface area (Å²) in [7, 11) is 0. The maximum Gasteiger partial charge on any atom is 0.165 e. The summed E-state index contributed by atoms with van der Waals surface area (Å²) in [6, 6.07) is 6.03. The number of nitrogens with two attached hydrogens (primary N) is 1. The SMILES string of the molecule is CCOc1ccc(CNC2CCC(N)CC2)cc1F. The molecule has 3 N–H and O–H groups in total. The Labute approximate surface area is 114 Å². The van der Waals surface area contributed by atoms with Gasteiger partial charge in [-0.15, -0.1) is 0 Å². The van der Waals surface area contributed by atoms with Gasteiger partial charge in [0.05, 0.1) is 6.61 Å². The first-order valence-corrected chi connectivity index (χ1v) is 7.09. The molecule has 0 heterocycles. The lowest BCUT2D eigenvalue weighted by Gasteiger charge is -2.27. The molecule has 1 saturated carbocycles. The Balaban J connectivity index is 1.84. The van der Waals surface area contributed by atoms with Crippen LogP contribution in [0.25, 0.3) is 0 Å². The second-order valence-corrected chi connectivity index (χ2v) is 5.19. The van der Waals surface area contributed by atoms with Crippen molar-refractivity contribution in [2.45, 2.75) is 51.2 Å². The molecule has 3 nitrogen and oxygen atoms in total. The van der Waals surface area contributed by atoms with Crippen LogP contribution in [-0.2, 0) is 6.54 Å². The van der Waals surface area contributed by atoms with E-state index in [9.17, 15) is 4.39 Å². The van der Waals surface area contributed by atoms with Crippen LogP contribution in [0.2, 0.25) is 0 Å². The monoisotopic (exact) mass is 266 g/mol. The zero-order chi connectivity index (χ0) is 13.7. The van der Waals surface area contributed by atoms with Gasteiger partial charge in [0.25, 0.3) is 0 Å². The van der Waals surface area contributed by atoms with E-state index in [1.54, 1.807) is 12.1 Å². The van der Waals surface area contributed by atoms with Crippen LogP contribution in [0, 0.1) is 5.82 Å². The van der Waals surface area contributed by atoms with E-state index in [2.05, 4.69) is 5.32 Å². The number of halogens is 1. The highest BCUT2D eigenvalue weighted by Crippen LogP contribution is 2.20. The lowest BCUT2D eigenvalue weighted by atomic mass is 9.92. The molecule has 19 heavy (non-hydrogen) atoms. The number of ether oxygens (including phenoxy) is 1. The van der Waals surface area contributed by atoms with Crippen molar-refractivity contribution in [3.05, 3.63) is 29.6 Å². The molecule has 0 saturated heterocycles. The van der Waals surface area contributed by atoms with E-state index >= 15 is 0 Å². The van der Waals surface area contributed by atoms with Crippen molar-refractivity contribution in [3.63, 3.8) is 0 Å². The van der Waals surface area contributed by atoms with Crippen molar-refractivity contribution >= 4 is 0 Å². The average Bonchev–Trinajstić information content (AvgIpc) is 2.41. The zero-order valence-electron chi connectivity index (χ0n) is 11.5. The van der Waals surface area contributed by atoms with Crippen LogP contribution in [0.15, 0.2) is 18.2 Å². The smallest absolute Gasteiger partial charge is 0.165 e. The fourth-order valence-corrected chi connectivity index (χ4v) is 2.51. The second-order valence-electron chi connectivity index (χ2n) is 5.19. The lowest BCUT2D eigenvalue weighted by Crippen LogP contribution is -2.37. The summed E-state index contributed by atoms with van der Waals surface area (Å²) in [4.78, 5) is 0. The van der Waals surface area contributed by atoms with Crippen molar-refractivity contribution in [3.8, 4) is 5.75 Å². The molecule has 1 aromatic rings. The molecule has 4 heteroatoms. The zero-order valence-corrected chi connectivity index (χ0v) is 11.5. The Kier molecular flexibility index (Phi) is 5.16. The van der Waals surface area contributed by atoms with Crippen LogP contribution in [0.5, 0.6) is 5.75 Å². The molecule has 106 valence electrons. The summed E-state index contributed by atoms with van der Waals surface area (Å²) in [6.07, 6.45) is 4.38. The van der Waals surface area contributed by atoms with Gasteiger partial charge in [0.2, 0.25) is 0 Å². The molecule has 1 aromatic carbocycles. The molecular formula is C15H23FN2O. The first-order chi connectivity index (χ1) is 9.19. The summed E-state index contributed by atoms with van der Waals surface area (Å²) in [5.74, 6) is 0.0432. The summed E-state index contributed by atoms with van der Waals surface area (Å²) >= 11 is 0. The predicted octanol–water partition coefficient (Wildman–Crippen LogP) is 2.58. The van der Waals surface area contributed by atoms with E-state index < -0.39 is 0 Å². The highest BCUT2D eigenvalue weighted by Gasteiger charge is 2.17. The van der Waals surface area contributed by atoms with Crippen molar-refractivity contribution in [2.24, 2.45) is 5.73 Å². The van der Waals surface area contributed by atoms with E-state index in [-0.39, 0.29) is 5.82 Å². The third-order valence-corrected chi connectivity index (χ3v) is 3.66. The van der Waals surface area contributed by atoms with Crippen LogP contribution < -0.4 is 15.8 Å². The van der Waals surface area contributed by atoms with Crippen LogP contribution >= 0.6 is 0 Å². The Bertz CT molecular complexity index is 403. The van der Waals surface area contributed by atoms with Gasteiger partial charge in [-0.2, -0.15) is 0 Å². The first-order valence-electron chi connectivity index (χ1n) is 7.09. The fraction of sp³-hybridized carbons (Fsp3) is 0.600. The highest BCUT2D eigenvalue weighted by atomic mass is 19.1. The molecule has 0 atom stereocenters. The number of hydrogen-bond donors (Lipinski definition) is 2. The Morgan fingerprint density at radius 3 is 2.68 bits per heavy atom. The summed E-state index contributed by atoms with van der Waals surface area (Å²) in [5.41, 5.74) is 6.83. The quantitative estimate of drug-likeness (QED) is 0.861. The largest absolute Gasteiger partial charge is 0.491 e. The van der Waals surface area contributed by atoms with Gasteiger partial charge in [-0.3, -0.25) is 0 Å². The molecule has 0 amide bonds. The lowest BCUT2D eigenvalue weighted by molar-refractivity contribution is 0.320. The molecule has 0 unspecified atom stereocenters. The molecule has 0 aliphatic heterocycles. The Hall–Kier alpha value is -1.13. The standard InChI is InChI=1S/C15H23FN2O/c1-2-19-15-8-3-11(9-14(15)16)10-18-13-6-4-12(17)5-7-13/h3,8-9,12-13,18H,2,4-7,10,17H2,1H3. The molecular weight excluding hydrogens is 243 g/mol. The normalized spacial score (nSPS) is 23.3. The third kappa shape index (κ3) is 4.18. The molecule has 0 aromatic heterocycles. The van der Waals surface area contributed by atoms with Crippen LogP contribution in [0.3, 0.4) is 0 Å². The van der Waals surface area contributed by atoms with Crippen molar-refractivity contribution < 1.29 is 9.13 Å². The molecule has 1 fully saturated rings. The fourth-order valence-electron chi connectivity index (χ4n) is 2.51.